The second-order valence-corrected chi connectivity index (χ2v) is 4.48. The molecule has 4 heteroatoms. The molecule has 0 amide bonds. The SMILES string of the molecule is C1#CCOc2cccnc2-c2ncccc2OCC#CCC1. The van der Waals surface area contributed by atoms with Crippen molar-refractivity contribution >= 4 is 0 Å². The highest BCUT2D eigenvalue weighted by Crippen LogP contribution is 2.32. The Hall–Kier alpha value is -2.98. The summed E-state index contributed by atoms with van der Waals surface area (Å²) in [5.41, 5.74) is 1.29. The molecule has 0 radical (unpaired) electrons. The largest absolute Gasteiger partial charge is 0.479 e. The third-order valence-corrected chi connectivity index (χ3v) is 2.99. The van der Waals surface area contributed by atoms with Gasteiger partial charge in [-0.2, -0.15) is 0 Å². The highest BCUT2D eigenvalue weighted by molar-refractivity contribution is 5.68. The van der Waals surface area contributed by atoms with Gasteiger partial charge in [0.2, 0.25) is 0 Å². The molecule has 1 aliphatic heterocycles. The van der Waals surface area contributed by atoms with Crippen LogP contribution in [0.2, 0.25) is 0 Å². The summed E-state index contributed by atoms with van der Waals surface area (Å²) in [6.07, 6.45) is 4.87. The first-order valence-corrected chi connectivity index (χ1v) is 7.02. The van der Waals surface area contributed by atoms with Crippen molar-refractivity contribution in [3.8, 4) is 46.6 Å². The van der Waals surface area contributed by atoms with Crippen molar-refractivity contribution in [3.05, 3.63) is 36.7 Å². The van der Waals surface area contributed by atoms with Gasteiger partial charge in [0, 0.05) is 25.2 Å². The van der Waals surface area contributed by atoms with Crippen molar-refractivity contribution in [1.29, 1.82) is 0 Å². The van der Waals surface area contributed by atoms with Gasteiger partial charge in [-0.15, -0.1) is 0 Å². The summed E-state index contributed by atoms with van der Waals surface area (Å²) in [6.45, 7) is 0.629. The molecule has 0 fully saturated rings. The van der Waals surface area contributed by atoms with Crippen LogP contribution in [0.5, 0.6) is 11.5 Å². The Bertz CT molecular complexity index is 711. The smallest absolute Gasteiger partial charge is 0.149 e. The average Bonchev–Trinajstić information content (AvgIpc) is 2.57. The van der Waals surface area contributed by atoms with Crippen LogP contribution < -0.4 is 9.47 Å². The zero-order valence-electron chi connectivity index (χ0n) is 12.0. The number of pyridine rings is 2. The Morgan fingerprint density at radius 1 is 0.727 bits per heavy atom. The minimum Gasteiger partial charge on any atom is -0.479 e. The van der Waals surface area contributed by atoms with E-state index in [2.05, 4.69) is 33.6 Å². The Kier molecular flexibility index (Phi) is 4.54. The van der Waals surface area contributed by atoms with Gasteiger partial charge in [-0.3, -0.25) is 9.97 Å². The Morgan fingerprint density at radius 2 is 1.23 bits per heavy atom. The molecule has 0 saturated carbocycles. The van der Waals surface area contributed by atoms with Crippen molar-refractivity contribution in [2.75, 3.05) is 13.2 Å². The summed E-state index contributed by atoms with van der Waals surface area (Å²) in [5.74, 6) is 13.3. The van der Waals surface area contributed by atoms with Crippen molar-refractivity contribution < 1.29 is 9.47 Å². The average molecular weight is 290 g/mol. The van der Waals surface area contributed by atoms with Crippen molar-refractivity contribution in [2.24, 2.45) is 0 Å². The van der Waals surface area contributed by atoms with Crippen LogP contribution in [-0.2, 0) is 0 Å². The lowest BCUT2D eigenvalue weighted by Gasteiger charge is -2.11. The zero-order chi connectivity index (χ0) is 15.0. The molecular formula is C18H14N2O2. The standard InChI is InChI=1S/C18H14N2O2/c1-2-4-6-14-22-16-10-8-12-20-18(16)17-15(9-7-11-19-17)21-13-5-3-1/h7-12H,1-2,13-14H2. The molecule has 108 valence electrons. The van der Waals surface area contributed by atoms with Crippen molar-refractivity contribution in [2.45, 2.75) is 12.8 Å². The highest BCUT2D eigenvalue weighted by Gasteiger charge is 2.14. The van der Waals surface area contributed by atoms with Gasteiger partial charge in [-0.1, -0.05) is 23.7 Å². The fourth-order valence-corrected chi connectivity index (χ4v) is 2.00. The van der Waals surface area contributed by atoms with E-state index in [-0.39, 0.29) is 0 Å². The van der Waals surface area contributed by atoms with E-state index >= 15 is 0 Å². The summed E-state index contributed by atoms with van der Waals surface area (Å²) in [4.78, 5) is 8.76. The van der Waals surface area contributed by atoms with E-state index in [4.69, 9.17) is 9.47 Å². The second kappa shape index (κ2) is 7.15. The topological polar surface area (TPSA) is 44.2 Å². The van der Waals surface area contributed by atoms with E-state index in [9.17, 15) is 0 Å². The first-order valence-electron chi connectivity index (χ1n) is 7.02. The van der Waals surface area contributed by atoms with E-state index in [1.165, 1.54) is 0 Å². The van der Waals surface area contributed by atoms with Gasteiger partial charge < -0.3 is 9.47 Å². The number of aromatic nitrogens is 2. The predicted molar refractivity (Wildman–Crippen MR) is 83.2 cm³/mol. The Morgan fingerprint density at radius 3 is 1.73 bits per heavy atom. The monoisotopic (exact) mass is 290 g/mol. The molecule has 3 rings (SSSR count). The van der Waals surface area contributed by atoms with Crippen LogP contribution >= 0.6 is 0 Å². The number of rotatable bonds is 0. The number of nitrogens with zero attached hydrogens (tertiary/aromatic N) is 2. The van der Waals surface area contributed by atoms with Crippen molar-refractivity contribution in [3.63, 3.8) is 0 Å². The summed E-state index contributed by atoms with van der Waals surface area (Å²) in [6, 6.07) is 7.36. The first-order chi connectivity index (χ1) is 10.9. The molecule has 0 aliphatic carbocycles. The molecule has 0 saturated heterocycles. The first kappa shape index (κ1) is 14.0. The van der Waals surface area contributed by atoms with Crippen LogP contribution in [0, 0.1) is 23.7 Å². The fraction of sp³-hybridized carbons (Fsp3) is 0.222. The van der Waals surface area contributed by atoms with E-state index in [1.807, 2.05) is 24.3 Å². The third-order valence-electron chi connectivity index (χ3n) is 2.99. The second-order valence-electron chi connectivity index (χ2n) is 4.48. The summed E-state index contributed by atoms with van der Waals surface area (Å²) < 4.78 is 11.4. The maximum Gasteiger partial charge on any atom is 0.149 e. The van der Waals surface area contributed by atoms with Gasteiger partial charge in [0.05, 0.1) is 0 Å². The maximum absolute atomic E-state index is 5.72. The normalized spacial score (nSPS) is 13.5. The lowest BCUT2D eigenvalue weighted by Crippen LogP contribution is -2.02. The van der Waals surface area contributed by atoms with E-state index in [0.29, 0.717) is 36.1 Å². The molecule has 22 heavy (non-hydrogen) atoms. The van der Waals surface area contributed by atoms with E-state index in [0.717, 1.165) is 12.8 Å². The third kappa shape index (κ3) is 3.37. The quantitative estimate of drug-likeness (QED) is 0.700. The van der Waals surface area contributed by atoms with Crippen molar-refractivity contribution in [1.82, 2.24) is 9.97 Å². The number of hydrogen-bond donors (Lipinski definition) is 0. The molecule has 4 nitrogen and oxygen atoms in total. The fourth-order valence-electron chi connectivity index (χ4n) is 2.00. The number of hydrogen-bond acceptors (Lipinski definition) is 4. The van der Waals surface area contributed by atoms with Crippen LogP contribution in [0.3, 0.4) is 0 Å². The summed E-state index contributed by atoms with van der Waals surface area (Å²) in [5, 5.41) is 0. The zero-order valence-corrected chi connectivity index (χ0v) is 12.0. The Balaban J connectivity index is 2.02. The molecule has 0 aromatic carbocycles. The summed E-state index contributed by atoms with van der Waals surface area (Å²) in [7, 11) is 0. The minimum absolute atomic E-state index is 0.315. The molecular weight excluding hydrogens is 276 g/mol. The van der Waals surface area contributed by atoms with Gasteiger partial charge in [0.25, 0.3) is 0 Å². The molecule has 0 spiro atoms. The van der Waals surface area contributed by atoms with Gasteiger partial charge in [-0.25, -0.2) is 0 Å². The van der Waals surface area contributed by atoms with Gasteiger partial charge in [0.15, 0.2) is 0 Å². The van der Waals surface area contributed by atoms with E-state index in [1.54, 1.807) is 12.4 Å². The molecule has 2 aromatic heterocycles. The summed E-state index contributed by atoms with van der Waals surface area (Å²) >= 11 is 0. The van der Waals surface area contributed by atoms with Crippen LogP contribution in [0.4, 0.5) is 0 Å². The van der Waals surface area contributed by atoms with Crippen LogP contribution in [0.1, 0.15) is 12.8 Å². The molecule has 0 bridgehead atoms. The molecule has 3 heterocycles. The van der Waals surface area contributed by atoms with Gasteiger partial charge in [0.1, 0.15) is 36.1 Å². The van der Waals surface area contributed by atoms with Gasteiger partial charge in [-0.05, 0) is 24.3 Å². The molecule has 2 aromatic rings. The Labute approximate surface area is 129 Å². The minimum atomic E-state index is 0.315. The highest BCUT2D eigenvalue weighted by atomic mass is 16.5. The van der Waals surface area contributed by atoms with E-state index < -0.39 is 0 Å². The predicted octanol–water partition coefficient (Wildman–Crippen LogP) is 2.70. The molecule has 0 atom stereocenters. The molecule has 1 aliphatic rings. The lowest BCUT2D eigenvalue weighted by atomic mass is 10.2. The van der Waals surface area contributed by atoms with Gasteiger partial charge >= 0.3 is 0 Å². The van der Waals surface area contributed by atoms with Crippen LogP contribution in [-0.4, -0.2) is 23.2 Å². The lowest BCUT2D eigenvalue weighted by molar-refractivity contribution is 0.363. The number of fused-ring (bicyclic) bond motifs is 3. The molecule has 0 N–H and O–H groups in total. The number of ether oxygens (including phenoxy) is 2. The van der Waals surface area contributed by atoms with Crippen LogP contribution in [0.25, 0.3) is 11.4 Å². The van der Waals surface area contributed by atoms with Crippen LogP contribution in [0.15, 0.2) is 36.7 Å². The molecule has 0 unspecified atom stereocenters. The maximum atomic E-state index is 5.72.